The highest BCUT2D eigenvalue weighted by molar-refractivity contribution is 6.00. The number of hydrogen-bond acceptors (Lipinski definition) is 7. The van der Waals surface area contributed by atoms with Gasteiger partial charge in [0.1, 0.15) is 5.60 Å². The number of nitrogens with one attached hydrogen (secondary N) is 2. The third kappa shape index (κ3) is 7.01. The molecule has 0 saturated carbocycles. The number of hydroxylamine groups is 1. The lowest BCUT2D eigenvalue weighted by molar-refractivity contribution is 0.0525. The molecule has 0 saturated heterocycles. The van der Waals surface area contributed by atoms with E-state index in [0.29, 0.717) is 55.4 Å². The van der Waals surface area contributed by atoms with Gasteiger partial charge in [-0.2, -0.15) is 0 Å². The third-order valence-corrected chi connectivity index (χ3v) is 4.13. The maximum absolute atomic E-state index is 12.4. The van der Waals surface area contributed by atoms with E-state index in [1.807, 2.05) is 0 Å². The van der Waals surface area contributed by atoms with Crippen molar-refractivity contribution in [1.29, 1.82) is 0 Å². The van der Waals surface area contributed by atoms with Gasteiger partial charge < -0.3 is 24.8 Å². The summed E-state index contributed by atoms with van der Waals surface area (Å²) in [6.07, 6.45) is 1.59. The normalized spacial score (nSPS) is 14.7. The van der Waals surface area contributed by atoms with Crippen molar-refractivity contribution < 1.29 is 29.0 Å². The van der Waals surface area contributed by atoms with Crippen LogP contribution in [0.4, 0.5) is 10.5 Å². The van der Waals surface area contributed by atoms with Crippen molar-refractivity contribution in [3.63, 3.8) is 0 Å². The van der Waals surface area contributed by atoms with E-state index in [1.165, 1.54) is 7.11 Å². The molecule has 0 bridgehead atoms. The fraction of sp³-hybridized carbons (Fsp3) is 0.600. The predicted molar refractivity (Wildman–Crippen MR) is 108 cm³/mol. The zero-order chi connectivity index (χ0) is 21.4. The summed E-state index contributed by atoms with van der Waals surface area (Å²) >= 11 is 0. The van der Waals surface area contributed by atoms with Crippen LogP contribution in [0, 0.1) is 0 Å². The third-order valence-electron chi connectivity index (χ3n) is 4.13. The number of benzene rings is 1. The molecule has 0 aliphatic carbocycles. The lowest BCUT2D eigenvalue weighted by atomic mass is 10.1. The maximum Gasteiger partial charge on any atom is 0.407 e. The van der Waals surface area contributed by atoms with E-state index in [-0.39, 0.29) is 5.91 Å². The number of hydrogen-bond donors (Lipinski definition) is 3. The maximum atomic E-state index is 12.4. The Bertz CT molecular complexity index is 717. The van der Waals surface area contributed by atoms with Gasteiger partial charge >= 0.3 is 6.09 Å². The molecule has 1 aromatic rings. The van der Waals surface area contributed by atoms with E-state index >= 15 is 0 Å². The van der Waals surface area contributed by atoms with Crippen LogP contribution >= 0.6 is 0 Å². The highest BCUT2D eigenvalue weighted by Gasteiger charge is 2.22. The molecule has 0 unspecified atom stereocenters. The van der Waals surface area contributed by atoms with Crippen molar-refractivity contribution in [2.75, 3.05) is 38.4 Å². The van der Waals surface area contributed by atoms with Crippen LogP contribution in [0.3, 0.4) is 0 Å². The van der Waals surface area contributed by atoms with Gasteiger partial charge in [0.25, 0.3) is 5.91 Å². The number of alkyl carbamates (subject to hydrolysis) is 1. The quantitative estimate of drug-likeness (QED) is 0.620. The van der Waals surface area contributed by atoms with Crippen LogP contribution in [0.1, 0.15) is 50.4 Å². The molecule has 2 rings (SSSR count). The van der Waals surface area contributed by atoms with Crippen molar-refractivity contribution in [2.45, 2.75) is 45.6 Å². The molecule has 3 N–H and O–H groups in total. The molecule has 0 fully saturated rings. The van der Waals surface area contributed by atoms with Gasteiger partial charge in [0, 0.05) is 25.7 Å². The first-order valence-electron chi connectivity index (χ1n) is 9.77. The van der Waals surface area contributed by atoms with Crippen LogP contribution < -0.4 is 25.2 Å². The topological polar surface area (TPSA) is 109 Å². The Morgan fingerprint density at radius 2 is 2.03 bits per heavy atom. The molecule has 0 atom stereocenters. The van der Waals surface area contributed by atoms with E-state index < -0.39 is 11.7 Å². The first-order valence-corrected chi connectivity index (χ1v) is 9.77. The number of nitrogens with zero attached hydrogens (tertiary/aromatic N) is 1. The lowest BCUT2D eigenvalue weighted by Crippen LogP contribution is -2.33. The lowest BCUT2D eigenvalue weighted by Gasteiger charge is -2.21. The molecule has 1 aromatic carbocycles. The minimum absolute atomic E-state index is 0.271. The number of anilines is 1. The summed E-state index contributed by atoms with van der Waals surface area (Å²) < 4.78 is 16.3. The average molecular weight is 409 g/mol. The molecule has 29 heavy (non-hydrogen) atoms. The van der Waals surface area contributed by atoms with Crippen molar-refractivity contribution in [3.05, 3.63) is 17.7 Å². The summed E-state index contributed by atoms with van der Waals surface area (Å²) in [7, 11) is 1.49. The summed E-state index contributed by atoms with van der Waals surface area (Å²) in [4.78, 5) is 24.0. The summed E-state index contributed by atoms with van der Waals surface area (Å²) in [5.74, 6) is 0.536. The number of rotatable bonds is 6. The monoisotopic (exact) mass is 409 g/mol. The van der Waals surface area contributed by atoms with E-state index in [1.54, 1.807) is 32.9 Å². The first-order chi connectivity index (χ1) is 13.7. The minimum atomic E-state index is -0.546. The molecule has 9 heteroatoms. The van der Waals surface area contributed by atoms with E-state index in [9.17, 15) is 14.8 Å². The Kier molecular flexibility index (Phi) is 7.95. The fourth-order valence-corrected chi connectivity index (χ4v) is 2.78. The second-order valence-corrected chi connectivity index (χ2v) is 7.74. The molecule has 1 aliphatic heterocycles. The average Bonchev–Trinajstić information content (AvgIpc) is 2.70. The van der Waals surface area contributed by atoms with Gasteiger partial charge in [0.15, 0.2) is 11.5 Å². The molecule has 2 amide bonds. The Hall–Kier alpha value is -2.68. The second-order valence-electron chi connectivity index (χ2n) is 7.74. The van der Waals surface area contributed by atoms with Crippen LogP contribution in [0.2, 0.25) is 0 Å². The summed E-state index contributed by atoms with van der Waals surface area (Å²) in [6.45, 7) is 7.06. The Morgan fingerprint density at radius 3 is 2.72 bits per heavy atom. The van der Waals surface area contributed by atoms with Gasteiger partial charge in [-0.25, -0.2) is 4.79 Å². The second kappa shape index (κ2) is 10.2. The Balaban J connectivity index is 2.00. The number of amides is 2. The first kappa shape index (κ1) is 22.6. The van der Waals surface area contributed by atoms with Crippen LogP contribution in [0.5, 0.6) is 11.5 Å². The van der Waals surface area contributed by atoms with Crippen LogP contribution in [-0.2, 0) is 4.74 Å². The molecule has 0 aromatic heterocycles. The molecule has 1 aliphatic rings. The summed E-state index contributed by atoms with van der Waals surface area (Å²) in [6, 6.07) is 3.16. The molecule has 162 valence electrons. The van der Waals surface area contributed by atoms with Crippen molar-refractivity contribution >= 4 is 17.7 Å². The van der Waals surface area contributed by atoms with E-state index in [4.69, 9.17) is 14.2 Å². The van der Waals surface area contributed by atoms with Gasteiger partial charge in [-0.1, -0.05) is 0 Å². The highest BCUT2D eigenvalue weighted by Crippen LogP contribution is 2.35. The molecule has 1 heterocycles. The van der Waals surface area contributed by atoms with Crippen molar-refractivity contribution in [3.8, 4) is 11.5 Å². The molecule has 9 nitrogen and oxygen atoms in total. The summed E-state index contributed by atoms with van der Waals surface area (Å²) in [5.41, 5.74) is 0.146. The number of ether oxygens (including phenoxy) is 3. The fourth-order valence-electron chi connectivity index (χ4n) is 2.78. The molecule has 0 radical (unpaired) electrons. The molecule has 0 spiro atoms. The highest BCUT2D eigenvalue weighted by atomic mass is 16.6. The van der Waals surface area contributed by atoms with Crippen LogP contribution in [-0.4, -0.2) is 56.2 Å². The van der Waals surface area contributed by atoms with E-state index in [0.717, 1.165) is 17.9 Å². The zero-order valence-corrected chi connectivity index (χ0v) is 17.5. The Labute approximate surface area is 171 Å². The largest absolute Gasteiger partial charge is 0.493 e. The zero-order valence-electron chi connectivity index (χ0n) is 17.5. The van der Waals surface area contributed by atoms with Gasteiger partial charge in [-0.3, -0.25) is 15.1 Å². The standard InChI is InChI=1S/C20H31N3O6/c1-20(2,3)29-19(25)22-9-7-11-28-17-13-15-14(12-16(17)27-4)18(24)21-8-5-6-10-23(15)26/h12-13,26H,5-11H2,1-4H3,(H,21,24)(H,22,25). The number of carbonyl (C=O) groups is 2. The number of fused-ring (bicyclic) bond motifs is 1. The van der Waals surface area contributed by atoms with Gasteiger partial charge in [0.05, 0.1) is 25.0 Å². The Morgan fingerprint density at radius 1 is 1.28 bits per heavy atom. The van der Waals surface area contributed by atoms with Gasteiger partial charge in [-0.15, -0.1) is 0 Å². The summed E-state index contributed by atoms with van der Waals surface area (Å²) in [5, 5.41) is 16.9. The van der Waals surface area contributed by atoms with E-state index in [2.05, 4.69) is 10.6 Å². The number of methoxy groups -OCH3 is 1. The van der Waals surface area contributed by atoms with Crippen molar-refractivity contribution in [2.24, 2.45) is 0 Å². The number of carbonyl (C=O) groups excluding carboxylic acids is 2. The minimum Gasteiger partial charge on any atom is -0.493 e. The van der Waals surface area contributed by atoms with Crippen LogP contribution in [0.25, 0.3) is 0 Å². The van der Waals surface area contributed by atoms with Gasteiger partial charge in [0.2, 0.25) is 0 Å². The van der Waals surface area contributed by atoms with Gasteiger partial charge in [-0.05, 0) is 46.1 Å². The molecular formula is C20H31N3O6. The van der Waals surface area contributed by atoms with Crippen LogP contribution in [0.15, 0.2) is 12.1 Å². The molecular weight excluding hydrogens is 378 g/mol. The van der Waals surface area contributed by atoms with Crippen molar-refractivity contribution in [1.82, 2.24) is 10.6 Å². The SMILES string of the molecule is COc1cc2c(cc1OCCCNC(=O)OC(C)(C)C)N(O)CCCCNC2=O. The smallest absolute Gasteiger partial charge is 0.407 e. The predicted octanol–water partition coefficient (Wildman–Crippen LogP) is 2.71.